The Labute approximate surface area is 206 Å². The Bertz CT molecular complexity index is 1180. The van der Waals surface area contributed by atoms with Crippen LogP contribution in [0.4, 0.5) is 11.4 Å². The van der Waals surface area contributed by atoms with Crippen molar-refractivity contribution in [1.29, 1.82) is 0 Å². The molecule has 182 valence electrons. The van der Waals surface area contributed by atoms with Gasteiger partial charge in [0, 0.05) is 41.1 Å². The summed E-state index contributed by atoms with van der Waals surface area (Å²) in [6.07, 6.45) is 1.02. The number of hydrogen-bond donors (Lipinski definition) is 3. The van der Waals surface area contributed by atoms with Crippen LogP contribution in [0.5, 0.6) is 5.75 Å². The number of benzene rings is 3. The van der Waals surface area contributed by atoms with Crippen molar-refractivity contribution in [3.63, 3.8) is 0 Å². The fourth-order valence-electron chi connectivity index (χ4n) is 4.73. The molecule has 1 aliphatic heterocycles. The summed E-state index contributed by atoms with van der Waals surface area (Å²) in [4.78, 5) is 27.9. The van der Waals surface area contributed by atoms with Crippen molar-refractivity contribution in [3.8, 4) is 5.75 Å². The number of ether oxygens (including phenoxy) is 1. The average Bonchev–Trinajstić information content (AvgIpc) is 3.05. The number of nitrogens with one attached hydrogen (secondary N) is 3. The van der Waals surface area contributed by atoms with E-state index in [1.807, 2.05) is 61.5 Å². The van der Waals surface area contributed by atoms with E-state index in [0.717, 1.165) is 23.2 Å². The second-order valence-corrected chi connectivity index (χ2v) is 8.58. The number of amides is 2. The van der Waals surface area contributed by atoms with Gasteiger partial charge in [0.15, 0.2) is 0 Å². The minimum Gasteiger partial charge on any atom is -0.496 e. The molecular formula is C28H32N4O3. The van der Waals surface area contributed by atoms with Crippen LogP contribution < -0.4 is 25.6 Å². The van der Waals surface area contributed by atoms with Gasteiger partial charge in [-0.3, -0.25) is 9.59 Å². The molecule has 2 atom stereocenters. The molecule has 2 amide bonds. The summed E-state index contributed by atoms with van der Waals surface area (Å²) in [7, 11) is 5.49. The number of methoxy groups -OCH3 is 1. The summed E-state index contributed by atoms with van der Waals surface area (Å²) < 4.78 is 5.33. The number of hydrogen-bond acceptors (Lipinski definition) is 5. The number of carbonyl (C=O) groups excluding carboxylic acids is 2. The lowest BCUT2D eigenvalue weighted by Crippen LogP contribution is -2.39. The van der Waals surface area contributed by atoms with Gasteiger partial charge < -0.3 is 25.6 Å². The monoisotopic (exact) mass is 472 g/mol. The standard InChI is InChI=1S/C28H32N4O3/c1-29-23-16-17-32(24-10-6-5-9-22(24)27(23)30-2)28(34)19-12-14-21(15-13-19)31-26(33)18-20-8-4-7-11-25(20)35-3/h4-15,23,27,29-30H,16-18H2,1-3H3,(H,31,33). The molecule has 0 aromatic heterocycles. The predicted molar refractivity (Wildman–Crippen MR) is 139 cm³/mol. The maximum Gasteiger partial charge on any atom is 0.258 e. The first-order chi connectivity index (χ1) is 17.0. The van der Waals surface area contributed by atoms with Gasteiger partial charge in [0.25, 0.3) is 5.91 Å². The molecule has 0 saturated carbocycles. The number of carbonyl (C=O) groups is 2. The molecule has 7 heteroatoms. The lowest BCUT2D eigenvalue weighted by molar-refractivity contribution is -0.115. The highest BCUT2D eigenvalue weighted by molar-refractivity contribution is 6.07. The van der Waals surface area contributed by atoms with E-state index in [4.69, 9.17) is 4.74 Å². The highest BCUT2D eigenvalue weighted by atomic mass is 16.5. The summed E-state index contributed by atoms with van der Waals surface area (Å²) in [6, 6.07) is 22.9. The number of anilines is 2. The van der Waals surface area contributed by atoms with Gasteiger partial charge in [-0.25, -0.2) is 0 Å². The van der Waals surface area contributed by atoms with Gasteiger partial charge in [0.1, 0.15) is 5.75 Å². The van der Waals surface area contributed by atoms with E-state index < -0.39 is 0 Å². The topological polar surface area (TPSA) is 82.7 Å². The molecule has 1 heterocycles. The van der Waals surface area contributed by atoms with Crippen LogP contribution >= 0.6 is 0 Å². The second-order valence-electron chi connectivity index (χ2n) is 8.58. The van der Waals surface area contributed by atoms with E-state index in [9.17, 15) is 9.59 Å². The van der Waals surface area contributed by atoms with Gasteiger partial charge in [-0.2, -0.15) is 0 Å². The molecule has 35 heavy (non-hydrogen) atoms. The van der Waals surface area contributed by atoms with Crippen LogP contribution in [0.25, 0.3) is 0 Å². The third-order valence-corrected chi connectivity index (χ3v) is 6.51. The molecule has 3 aromatic rings. The Morgan fingerprint density at radius 1 is 0.943 bits per heavy atom. The summed E-state index contributed by atoms with van der Waals surface area (Å²) in [5, 5.41) is 9.69. The number of para-hydroxylation sites is 2. The van der Waals surface area contributed by atoms with E-state index in [0.29, 0.717) is 23.5 Å². The first-order valence-electron chi connectivity index (χ1n) is 11.8. The molecule has 4 rings (SSSR count). The molecule has 0 saturated heterocycles. The van der Waals surface area contributed by atoms with Crippen molar-refractivity contribution in [2.45, 2.75) is 24.9 Å². The Balaban J connectivity index is 1.49. The summed E-state index contributed by atoms with van der Waals surface area (Å²) >= 11 is 0. The van der Waals surface area contributed by atoms with E-state index >= 15 is 0 Å². The van der Waals surface area contributed by atoms with Crippen LogP contribution in [0.2, 0.25) is 0 Å². The number of rotatable bonds is 7. The summed E-state index contributed by atoms with van der Waals surface area (Å²) in [5.41, 5.74) is 4.05. The Morgan fingerprint density at radius 2 is 1.66 bits per heavy atom. The molecule has 1 aliphatic rings. The van der Waals surface area contributed by atoms with Gasteiger partial charge in [-0.1, -0.05) is 36.4 Å². The third-order valence-electron chi connectivity index (χ3n) is 6.51. The van der Waals surface area contributed by atoms with Crippen molar-refractivity contribution in [2.24, 2.45) is 0 Å². The van der Waals surface area contributed by atoms with Gasteiger partial charge in [0.2, 0.25) is 5.91 Å². The Kier molecular flexibility index (Phi) is 7.80. The second kappa shape index (κ2) is 11.2. The quantitative estimate of drug-likeness (QED) is 0.488. The van der Waals surface area contributed by atoms with Crippen LogP contribution in [-0.2, 0) is 11.2 Å². The molecule has 3 aromatic carbocycles. The summed E-state index contributed by atoms with van der Waals surface area (Å²) in [6.45, 7) is 0.608. The summed E-state index contributed by atoms with van der Waals surface area (Å²) in [5.74, 6) is 0.476. The Morgan fingerprint density at radius 3 is 2.37 bits per heavy atom. The van der Waals surface area contributed by atoms with Crippen molar-refractivity contribution in [3.05, 3.63) is 89.5 Å². The van der Waals surface area contributed by atoms with Crippen LogP contribution in [0.1, 0.15) is 33.9 Å². The molecule has 2 unspecified atom stereocenters. The van der Waals surface area contributed by atoms with Gasteiger partial charge >= 0.3 is 0 Å². The minimum absolute atomic E-state index is 0.0593. The molecule has 0 aliphatic carbocycles. The fourth-order valence-corrected chi connectivity index (χ4v) is 4.73. The maximum atomic E-state index is 13.5. The van der Waals surface area contributed by atoms with Gasteiger partial charge in [-0.15, -0.1) is 0 Å². The van der Waals surface area contributed by atoms with Crippen molar-refractivity contribution in [1.82, 2.24) is 10.6 Å². The zero-order chi connectivity index (χ0) is 24.8. The average molecular weight is 473 g/mol. The highest BCUT2D eigenvalue weighted by Gasteiger charge is 2.31. The number of likely N-dealkylation sites (N-methyl/N-ethyl adjacent to an activating group) is 2. The smallest absolute Gasteiger partial charge is 0.258 e. The lowest BCUT2D eigenvalue weighted by atomic mass is 9.97. The van der Waals surface area contributed by atoms with Crippen molar-refractivity contribution < 1.29 is 14.3 Å². The fraction of sp³-hybridized carbons (Fsp3) is 0.286. The molecule has 7 nitrogen and oxygen atoms in total. The van der Waals surface area contributed by atoms with E-state index in [-0.39, 0.29) is 30.3 Å². The van der Waals surface area contributed by atoms with Crippen LogP contribution in [0, 0.1) is 0 Å². The maximum absolute atomic E-state index is 13.5. The Hall–Kier alpha value is -3.68. The number of nitrogens with zero attached hydrogens (tertiary/aromatic N) is 1. The van der Waals surface area contributed by atoms with Crippen molar-refractivity contribution >= 4 is 23.2 Å². The molecule has 0 spiro atoms. The minimum atomic E-state index is -0.147. The SMILES string of the molecule is CNC1CCN(C(=O)c2ccc(NC(=O)Cc3ccccc3OC)cc2)c2ccccc2C1NC. The van der Waals surface area contributed by atoms with Gasteiger partial charge in [0.05, 0.1) is 13.5 Å². The van der Waals surface area contributed by atoms with E-state index in [1.165, 1.54) is 0 Å². The van der Waals surface area contributed by atoms with Crippen LogP contribution in [-0.4, -0.2) is 45.6 Å². The van der Waals surface area contributed by atoms with Crippen molar-refractivity contribution in [2.75, 3.05) is 38.0 Å². The van der Waals surface area contributed by atoms with Crippen LogP contribution in [0.3, 0.4) is 0 Å². The third kappa shape index (κ3) is 5.37. The molecule has 0 radical (unpaired) electrons. The zero-order valence-electron chi connectivity index (χ0n) is 20.4. The predicted octanol–water partition coefficient (Wildman–Crippen LogP) is 3.78. The van der Waals surface area contributed by atoms with Gasteiger partial charge in [-0.05, 0) is 62.5 Å². The molecule has 0 bridgehead atoms. The molecule has 3 N–H and O–H groups in total. The number of fused-ring (bicyclic) bond motifs is 1. The highest BCUT2D eigenvalue weighted by Crippen LogP contribution is 2.33. The first kappa shape index (κ1) is 24.4. The van der Waals surface area contributed by atoms with E-state index in [2.05, 4.69) is 22.0 Å². The molecular weight excluding hydrogens is 440 g/mol. The lowest BCUT2D eigenvalue weighted by Gasteiger charge is -2.25. The van der Waals surface area contributed by atoms with E-state index in [1.54, 1.807) is 31.4 Å². The largest absolute Gasteiger partial charge is 0.496 e. The normalized spacial score (nSPS) is 17.3. The zero-order valence-corrected chi connectivity index (χ0v) is 20.4. The first-order valence-corrected chi connectivity index (χ1v) is 11.8. The molecule has 0 fully saturated rings. The van der Waals surface area contributed by atoms with Crippen LogP contribution in [0.15, 0.2) is 72.8 Å².